The van der Waals surface area contributed by atoms with Crippen LogP contribution in [0.1, 0.15) is 41.0 Å². The number of esters is 1. The summed E-state index contributed by atoms with van der Waals surface area (Å²) < 4.78 is 5.12. The van der Waals surface area contributed by atoms with E-state index in [0.717, 1.165) is 6.42 Å². The molecule has 0 aromatic rings. The Bertz CT molecular complexity index is 246. The fourth-order valence-corrected chi connectivity index (χ4v) is 0.935. The van der Waals surface area contributed by atoms with Gasteiger partial charge in [0.25, 0.3) is 0 Å². The van der Waals surface area contributed by atoms with Gasteiger partial charge in [-0.05, 0) is 34.1 Å². The molecule has 0 aromatic carbocycles. The molecule has 0 saturated heterocycles. The molecule has 0 radical (unpaired) electrons. The summed E-state index contributed by atoms with van der Waals surface area (Å²) in [6.45, 7) is 9.50. The summed E-state index contributed by atoms with van der Waals surface area (Å²) in [4.78, 5) is 22.8. The molecule has 5 heteroatoms. The summed E-state index contributed by atoms with van der Waals surface area (Å²) in [6.07, 6.45) is 0.855. The molecule has 1 atom stereocenters. The fourth-order valence-electron chi connectivity index (χ4n) is 0.935. The van der Waals surface area contributed by atoms with Crippen LogP contribution < -0.4 is 10.6 Å². The molecule has 0 unspecified atom stereocenters. The number of carbonyl (C=O) groups is 2. The van der Waals surface area contributed by atoms with Crippen molar-refractivity contribution in [3.8, 4) is 0 Å². The maximum absolute atomic E-state index is 11.5. The van der Waals surface area contributed by atoms with Gasteiger partial charge in [0.2, 0.25) is 0 Å². The van der Waals surface area contributed by atoms with E-state index < -0.39 is 17.6 Å². The van der Waals surface area contributed by atoms with E-state index in [-0.39, 0.29) is 6.03 Å². The number of hydrogen-bond acceptors (Lipinski definition) is 3. The highest BCUT2D eigenvalue weighted by molar-refractivity contribution is 5.83. The zero-order valence-electron chi connectivity index (χ0n) is 10.7. The van der Waals surface area contributed by atoms with Gasteiger partial charge in [-0.2, -0.15) is 0 Å². The average molecular weight is 230 g/mol. The highest BCUT2D eigenvalue weighted by atomic mass is 16.6. The van der Waals surface area contributed by atoms with Gasteiger partial charge in [0.15, 0.2) is 0 Å². The predicted molar refractivity (Wildman–Crippen MR) is 62.1 cm³/mol. The third kappa shape index (κ3) is 7.09. The van der Waals surface area contributed by atoms with Crippen molar-refractivity contribution in [2.24, 2.45) is 0 Å². The van der Waals surface area contributed by atoms with E-state index in [4.69, 9.17) is 4.74 Å². The lowest BCUT2D eigenvalue weighted by Gasteiger charge is -2.22. The Morgan fingerprint density at radius 2 is 1.88 bits per heavy atom. The lowest BCUT2D eigenvalue weighted by Crippen LogP contribution is -2.46. The van der Waals surface area contributed by atoms with Gasteiger partial charge < -0.3 is 15.4 Å². The summed E-state index contributed by atoms with van der Waals surface area (Å²) in [7, 11) is 0. The van der Waals surface area contributed by atoms with E-state index >= 15 is 0 Å². The highest BCUT2D eigenvalue weighted by Gasteiger charge is 2.22. The van der Waals surface area contributed by atoms with Crippen molar-refractivity contribution in [1.82, 2.24) is 10.6 Å². The lowest BCUT2D eigenvalue weighted by molar-refractivity contribution is -0.156. The Hall–Kier alpha value is -1.26. The topological polar surface area (TPSA) is 67.4 Å². The second kappa shape index (κ2) is 6.35. The maximum atomic E-state index is 11.5. The van der Waals surface area contributed by atoms with Crippen LogP contribution in [0.5, 0.6) is 0 Å². The third-order valence-electron chi connectivity index (χ3n) is 1.64. The van der Waals surface area contributed by atoms with Gasteiger partial charge >= 0.3 is 12.0 Å². The molecule has 0 aliphatic rings. The smallest absolute Gasteiger partial charge is 0.328 e. The molecule has 0 aliphatic heterocycles. The average Bonchev–Trinajstić information content (AvgIpc) is 2.11. The SMILES string of the molecule is CCCNC(=O)N[C@H](C)C(=O)OC(C)(C)C. The van der Waals surface area contributed by atoms with Crippen LogP contribution in [0, 0.1) is 0 Å². The second-order valence-electron chi connectivity index (χ2n) is 4.66. The van der Waals surface area contributed by atoms with Crippen molar-refractivity contribution in [3.63, 3.8) is 0 Å². The maximum Gasteiger partial charge on any atom is 0.328 e. The van der Waals surface area contributed by atoms with Crippen LogP contribution in [-0.2, 0) is 9.53 Å². The van der Waals surface area contributed by atoms with Crippen LogP contribution in [0.3, 0.4) is 0 Å². The zero-order chi connectivity index (χ0) is 12.8. The standard InChI is InChI=1S/C11H22N2O3/c1-6-7-12-10(15)13-8(2)9(14)16-11(3,4)5/h8H,6-7H2,1-5H3,(H2,12,13,15)/t8-/m1/s1. The van der Waals surface area contributed by atoms with Gasteiger partial charge in [0.05, 0.1) is 0 Å². The molecule has 0 aliphatic carbocycles. The minimum atomic E-state index is -0.643. The Kier molecular flexibility index (Phi) is 5.85. The number of nitrogens with one attached hydrogen (secondary N) is 2. The summed E-state index contributed by atoms with van der Waals surface area (Å²) in [5.74, 6) is -0.431. The molecular formula is C11H22N2O3. The minimum Gasteiger partial charge on any atom is -0.458 e. The predicted octanol–water partition coefficient (Wildman–Crippen LogP) is 1.43. The summed E-state index contributed by atoms with van der Waals surface area (Å²) in [5.41, 5.74) is -0.535. The Labute approximate surface area is 96.9 Å². The Morgan fingerprint density at radius 3 is 2.31 bits per heavy atom. The van der Waals surface area contributed by atoms with Crippen LogP contribution in [0.25, 0.3) is 0 Å². The lowest BCUT2D eigenvalue weighted by atomic mass is 10.2. The van der Waals surface area contributed by atoms with Crippen LogP contribution in [0.2, 0.25) is 0 Å². The quantitative estimate of drug-likeness (QED) is 0.718. The van der Waals surface area contributed by atoms with Gasteiger partial charge in [-0.25, -0.2) is 9.59 Å². The fraction of sp³-hybridized carbons (Fsp3) is 0.818. The van der Waals surface area contributed by atoms with Crippen LogP contribution in [0.15, 0.2) is 0 Å². The zero-order valence-corrected chi connectivity index (χ0v) is 10.7. The normalized spacial score (nSPS) is 12.8. The molecule has 0 saturated carbocycles. The van der Waals surface area contributed by atoms with Crippen molar-refractivity contribution in [2.45, 2.75) is 52.7 Å². The van der Waals surface area contributed by atoms with E-state index in [1.54, 1.807) is 27.7 Å². The molecule has 0 heterocycles. The molecular weight excluding hydrogens is 208 g/mol. The highest BCUT2D eigenvalue weighted by Crippen LogP contribution is 2.08. The number of carbonyl (C=O) groups excluding carboxylic acids is 2. The van der Waals surface area contributed by atoms with Crippen molar-refractivity contribution >= 4 is 12.0 Å². The molecule has 16 heavy (non-hydrogen) atoms. The molecule has 94 valence electrons. The van der Waals surface area contributed by atoms with Crippen molar-refractivity contribution in [1.29, 1.82) is 0 Å². The Balaban J connectivity index is 4.01. The first-order valence-electron chi connectivity index (χ1n) is 5.53. The monoisotopic (exact) mass is 230 g/mol. The minimum absolute atomic E-state index is 0.347. The number of urea groups is 1. The van der Waals surface area contributed by atoms with Gasteiger partial charge in [0, 0.05) is 6.54 Å². The molecule has 0 fully saturated rings. The van der Waals surface area contributed by atoms with Crippen molar-refractivity contribution in [2.75, 3.05) is 6.54 Å². The van der Waals surface area contributed by atoms with Crippen molar-refractivity contribution < 1.29 is 14.3 Å². The van der Waals surface area contributed by atoms with Gasteiger partial charge in [-0.1, -0.05) is 6.92 Å². The number of ether oxygens (including phenoxy) is 1. The summed E-state index contributed by atoms with van der Waals surface area (Å²) in [5, 5.41) is 5.14. The van der Waals surface area contributed by atoms with E-state index in [2.05, 4.69) is 10.6 Å². The molecule has 2 amide bonds. The Morgan fingerprint density at radius 1 is 1.31 bits per heavy atom. The van der Waals surface area contributed by atoms with E-state index in [9.17, 15) is 9.59 Å². The third-order valence-corrected chi connectivity index (χ3v) is 1.64. The molecule has 0 spiro atoms. The molecule has 0 rings (SSSR count). The first-order chi connectivity index (χ1) is 7.26. The van der Waals surface area contributed by atoms with Crippen LogP contribution in [0.4, 0.5) is 4.79 Å². The first kappa shape index (κ1) is 14.7. The van der Waals surface area contributed by atoms with E-state index in [0.29, 0.717) is 6.54 Å². The van der Waals surface area contributed by atoms with Crippen molar-refractivity contribution in [3.05, 3.63) is 0 Å². The first-order valence-corrected chi connectivity index (χ1v) is 5.53. The van der Waals surface area contributed by atoms with E-state index in [1.807, 2.05) is 6.92 Å². The van der Waals surface area contributed by atoms with Gasteiger partial charge in [0.1, 0.15) is 11.6 Å². The molecule has 0 bridgehead atoms. The van der Waals surface area contributed by atoms with E-state index in [1.165, 1.54) is 0 Å². The number of rotatable bonds is 4. The number of hydrogen-bond donors (Lipinski definition) is 2. The number of amides is 2. The molecule has 5 nitrogen and oxygen atoms in total. The van der Waals surface area contributed by atoms with Crippen LogP contribution >= 0.6 is 0 Å². The molecule has 0 aromatic heterocycles. The molecule has 2 N–H and O–H groups in total. The largest absolute Gasteiger partial charge is 0.458 e. The summed E-state index contributed by atoms with van der Waals surface area (Å²) >= 11 is 0. The second-order valence-corrected chi connectivity index (χ2v) is 4.66. The van der Waals surface area contributed by atoms with Gasteiger partial charge in [-0.15, -0.1) is 0 Å². The summed E-state index contributed by atoms with van der Waals surface area (Å²) in [6, 6.07) is -0.990. The van der Waals surface area contributed by atoms with Crippen LogP contribution in [-0.4, -0.2) is 30.2 Å². The van der Waals surface area contributed by atoms with Gasteiger partial charge in [-0.3, -0.25) is 0 Å².